The zero-order chi connectivity index (χ0) is 6.69. The fourth-order valence-corrected chi connectivity index (χ4v) is 1.26. The maximum Gasteiger partial charge on any atom is 0.192 e. The molecule has 0 aromatic carbocycles. The molecule has 0 bridgehead atoms. The Labute approximate surface area is 59.8 Å². The summed E-state index contributed by atoms with van der Waals surface area (Å²) < 4.78 is 2.12. The van der Waals surface area contributed by atoms with E-state index in [4.69, 9.17) is 0 Å². The molecule has 1 aromatic heterocycles. The third kappa shape index (κ3) is 1.45. The van der Waals surface area contributed by atoms with Crippen LogP contribution < -0.4 is 3.97 Å². The molecule has 0 N–H and O–H groups in total. The summed E-state index contributed by atoms with van der Waals surface area (Å²) in [5, 5.41) is 0. The number of aryl methyl sites for hydroxylation is 1. The molecule has 1 heterocycles. The van der Waals surface area contributed by atoms with E-state index in [0.717, 1.165) is 0 Å². The monoisotopic (exact) mass is 140 g/mol. The summed E-state index contributed by atoms with van der Waals surface area (Å²) in [6.07, 6.45) is 4.12. The van der Waals surface area contributed by atoms with E-state index in [1.165, 1.54) is 5.69 Å². The van der Waals surface area contributed by atoms with E-state index in [1.807, 2.05) is 12.1 Å². The van der Waals surface area contributed by atoms with Gasteiger partial charge in [-0.1, -0.05) is 6.07 Å². The van der Waals surface area contributed by atoms with Crippen molar-refractivity contribution in [2.24, 2.45) is 0 Å². The molecule has 48 valence electrons. The Morgan fingerprint density at radius 2 is 2.22 bits per heavy atom. The number of rotatable bonds is 1. The number of aromatic nitrogens is 1. The summed E-state index contributed by atoms with van der Waals surface area (Å²) in [6.45, 7) is 2.09. The van der Waals surface area contributed by atoms with Gasteiger partial charge >= 0.3 is 0 Å². The minimum atomic E-state index is 1.28. The van der Waals surface area contributed by atoms with Crippen molar-refractivity contribution in [2.45, 2.75) is 6.92 Å². The van der Waals surface area contributed by atoms with Crippen LogP contribution in [0.15, 0.2) is 24.4 Å². The number of pyridine rings is 1. The van der Waals surface area contributed by atoms with E-state index < -0.39 is 0 Å². The number of hydrogen-bond acceptors (Lipinski definition) is 1. The van der Waals surface area contributed by atoms with Crippen LogP contribution in [0.3, 0.4) is 0 Å². The van der Waals surface area contributed by atoms with E-state index in [9.17, 15) is 0 Å². The maximum absolute atomic E-state index is 2.12. The lowest BCUT2D eigenvalue weighted by Gasteiger charge is -1.89. The molecule has 0 unspecified atom stereocenters. The van der Waals surface area contributed by atoms with Gasteiger partial charge in [-0.15, -0.1) is 3.97 Å². The van der Waals surface area contributed by atoms with Gasteiger partial charge in [0.1, 0.15) is 0 Å². The van der Waals surface area contributed by atoms with Gasteiger partial charge in [-0.05, 0) is 0 Å². The fraction of sp³-hybridized carbons (Fsp3) is 0.286. The number of nitrogens with zero attached hydrogens (tertiary/aromatic N) is 1. The number of hydrogen-bond donors (Lipinski definition) is 0. The van der Waals surface area contributed by atoms with Gasteiger partial charge in [0.25, 0.3) is 0 Å². The van der Waals surface area contributed by atoms with Crippen molar-refractivity contribution in [3.05, 3.63) is 30.1 Å². The van der Waals surface area contributed by atoms with Gasteiger partial charge in [-0.3, -0.25) is 0 Å². The summed E-state index contributed by atoms with van der Waals surface area (Å²) in [7, 11) is 0. The van der Waals surface area contributed by atoms with Crippen LogP contribution in [-0.2, 0) is 0 Å². The molecule has 1 aromatic rings. The Bertz CT molecular complexity index is 198. The van der Waals surface area contributed by atoms with Crippen LogP contribution in [0.5, 0.6) is 0 Å². The molecular weight excluding hydrogens is 130 g/mol. The molecule has 0 spiro atoms. The lowest BCUT2D eigenvalue weighted by molar-refractivity contribution is -0.501. The van der Waals surface area contributed by atoms with E-state index in [2.05, 4.69) is 29.4 Å². The molecule has 0 atom stereocenters. The van der Waals surface area contributed by atoms with E-state index in [1.54, 1.807) is 11.9 Å². The summed E-state index contributed by atoms with van der Waals surface area (Å²) in [5.74, 6) is 0. The third-order valence-corrected chi connectivity index (χ3v) is 2.02. The van der Waals surface area contributed by atoms with Gasteiger partial charge in [-0.25, -0.2) is 0 Å². The molecule has 0 amide bonds. The first kappa shape index (κ1) is 6.62. The van der Waals surface area contributed by atoms with Crippen molar-refractivity contribution in [1.82, 2.24) is 0 Å². The molecule has 0 aliphatic rings. The first-order chi connectivity index (χ1) is 4.34. The predicted octanol–water partition coefficient (Wildman–Crippen LogP) is 1.41. The molecule has 9 heavy (non-hydrogen) atoms. The molecular formula is C7H10NS+. The molecule has 0 saturated heterocycles. The van der Waals surface area contributed by atoms with Gasteiger partial charge in [0.05, 0.1) is 0 Å². The highest BCUT2D eigenvalue weighted by Crippen LogP contribution is 1.92. The molecule has 2 heteroatoms. The normalized spacial score (nSPS) is 9.56. The minimum Gasteiger partial charge on any atom is -0.132 e. The van der Waals surface area contributed by atoms with Crippen molar-refractivity contribution in [2.75, 3.05) is 6.26 Å². The first-order valence-corrected chi connectivity index (χ1v) is 4.04. The van der Waals surface area contributed by atoms with E-state index >= 15 is 0 Å². The minimum absolute atomic E-state index is 1.28. The molecule has 0 radical (unpaired) electrons. The van der Waals surface area contributed by atoms with Crippen LogP contribution >= 0.6 is 11.9 Å². The largest absolute Gasteiger partial charge is 0.192 e. The van der Waals surface area contributed by atoms with Crippen LogP contribution in [0.4, 0.5) is 0 Å². The van der Waals surface area contributed by atoms with Gasteiger partial charge in [0.15, 0.2) is 23.8 Å². The molecule has 0 fully saturated rings. The van der Waals surface area contributed by atoms with Crippen LogP contribution in [0.1, 0.15) is 5.69 Å². The van der Waals surface area contributed by atoms with Crippen LogP contribution in [0, 0.1) is 6.92 Å². The predicted molar refractivity (Wildman–Crippen MR) is 40.3 cm³/mol. The molecule has 1 nitrogen and oxygen atoms in total. The van der Waals surface area contributed by atoms with Gasteiger partial charge < -0.3 is 0 Å². The van der Waals surface area contributed by atoms with Crippen molar-refractivity contribution >= 4 is 11.9 Å². The highest BCUT2D eigenvalue weighted by atomic mass is 32.2. The Morgan fingerprint density at radius 1 is 1.44 bits per heavy atom. The first-order valence-electron chi connectivity index (χ1n) is 2.86. The highest BCUT2D eigenvalue weighted by Gasteiger charge is 1.99. The zero-order valence-electron chi connectivity index (χ0n) is 5.66. The quantitative estimate of drug-likeness (QED) is 0.533. The Morgan fingerprint density at radius 3 is 2.67 bits per heavy atom. The van der Waals surface area contributed by atoms with Crippen LogP contribution in [0.2, 0.25) is 0 Å². The molecule has 0 aliphatic carbocycles. The second kappa shape index (κ2) is 2.87. The third-order valence-electron chi connectivity index (χ3n) is 1.21. The molecule has 0 aliphatic heterocycles. The summed E-state index contributed by atoms with van der Waals surface area (Å²) in [6, 6.07) is 6.17. The molecule has 1 rings (SSSR count). The SMILES string of the molecule is CS[n+]1ccccc1C. The Balaban J connectivity index is 3.01. The van der Waals surface area contributed by atoms with E-state index in [-0.39, 0.29) is 0 Å². The smallest absolute Gasteiger partial charge is 0.132 e. The highest BCUT2D eigenvalue weighted by molar-refractivity contribution is 7.92. The maximum atomic E-state index is 2.12. The van der Waals surface area contributed by atoms with Crippen molar-refractivity contribution in [3.8, 4) is 0 Å². The van der Waals surface area contributed by atoms with Gasteiger partial charge in [-0.2, -0.15) is 0 Å². The van der Waals surface area contributed by atoms with Crippen molar-refractivity contribution in [3.63, 3.8) is 0 Å². The standard InChI is InChI=1S/C7H10NS/c1-7-5-3-4-6-8(7)9-2/h3-6H,1-2H3/q+1. The van der Waals surface area contributed by atoms with Crippen LogP contribution in [0.25, 0.3) is 0 Å². The topological polar surface area (TPSA) is 3.88 Å². The molecule has 0 saturated carbocycles. The lowest BCUT2D eigenvalue weighted by atomic mass is 10.4. The zero-order valence-corrected chi connectivity index (χ0v) is 6.48. The van der Waals surface area contributed by atoms with Gasteiger partial charge in [0, 0.05) is 25.3 Å². The summed E-state index contributed by atoms with van der Waals surface area (Å²) in [5.41, 5.74) is 1.28. The van der Waals surface area contributed by atoms with Gasteiger partial charge in [0.2, 0.25) is 0 Å². The second-order valence-electron chi connectivity index (χ2n) is 1.85. The van der Waals surface area contributed by atoms with Crippen molar-refractivity contribution < 1.29 is 3.97 Å². The average Bonchev–Trinajstić information content (AvgIpc) is 1.89. The Hall–Kier alpha value is -0.500. The summed E-state index contributed by atoms with van der Waals surface area (Å²) in [4.78, 5) is 0. The summed E-state index contributed by atoms with van der Waals surface area (Å²) >= 11 is 1.71. The lowest BCUT2D eigenvalue weighted by Crippen LogP contribution is -2.26. The van der Waals surface area contributed by atoms with Crippen LogP contribution in [-0.4, -0.2) is 6.26 Å². The Kier molecular flexibility index (Phi) is 2.11. The van der Waals surface area contributed by atoms with E-state index in [0.29, 0.717) is 0 Å². The second-order valence-corrected chi connectivity index (χ2v) is 2.61. The average molecular weight is 140 g/mol. The van der Waals surface area contributed by atoms with Crippen molar-refractivity contribution in [1.29, 1.82) is 0 Å². The fourth-order valence-electron chi connectivity index (χ4n) is 0.719.